The fraction of sp³-hybridized carbons (Fsp3) is 1.00. The van der Waals surface area contributed by atoms with Crippen LogP contribution in [0.2, 0.25) is 0 Å². The van der Waals surface area contributed by atoms with Gasteiger partial charge in [0.2, 0.25) is 0 Å². The quantitative estimate of drug-likeness (QED) is 0.769. The first-order chi connectivity index (χ1) is 7.27. The molecule has 2 nitrogen and oxygen atoms in total. The first-order valence-corrected chi connectivity index (χ1v) is 6.76. The molecule has 1 N–H and O–H groups in total. The third-order valence-corrected chi connectivity index (χ3v) is 4.21. The third kappa shape index (κ3) is 2.94. The lowest BCUT2D eigenvalue weighted by Crippen LogP contribution is -2.42. The molecule has 2 fully saturated rings. The van der Waals surface area contributed by atoms with Crippen molar-refractivity contribution in [3.05, 3.63) is 0 Å². The summed E-state index contributed by atoms with van der Waals surface area (Å²) in [7, 11) is 0. The van der Waals surface area contributed by atoms with Gasteiger partial charge in [0.05, 0.1) is 0 Å². The van der Waals surface area contributed by atoms with Crippen LogP contribution < -0.4 is 5.32 Å². The number of hydrogen-bond donors (Lipinski definition) is 1. The molecular formula is C13H26N2. The molecule has 2 rings (SSSR count). The van der Waals surface area contributed by atoms with Crippen LogP contribution in [0.25, 0.3) is 0 Å². The van der Waals surface area contributed by atoms with E-state index in [1.807, 2.05) is 0 Å². The monoisotopic (exact) mass is 210 g/mol. The highest BCUT2D eigenvalue weighted by Crippen LogP contribution is 2.23. The van der Waals surface area contributed by atoms with Crippen molar-refractivity contribution >= 4 is 0 Å². The smallest absolute Gasteiger partial charge is 0.00845 e. The Balaban J connectivity index is 1.77. The molecule has 0 radical (unpaired) electrons. The molecule has 3 atom stereocenters. The number of likely N-dealkylation sites (tertiary alicyclic amines) is 1. The summed E-state index contributed by atoms with van der Waals surface area (Å²) in [6, 6.07) is 2.39. The van der Waals surface area contributed by atoms with Crippen molar-refractivity contribution in [1.82, 2.24) is 10.2 Å². The second kappa shape index (κ2) is 5.31. The maximum Gasteiger partial charge on any atom is 0.00845 e. The Labute approximate surface area is 94.4 Å². The van der Waals surface area contributed by atoms with Gasteiger partial charge in [0.1, 0.15) is 0 Å². The van der Waals surface area contributed by atoms with Gasteiger partial charge in [-0.3, -0.25) is 4.90 Å². The Morgan fingerprint density at radius 3 is 2.73 bits per heavy atom. The summed E-state index contributed by atoms with van der Waals surface area (Å²) in [4.78, 5) is 2.70. The maximum absolute atomic E-state index is 3.66. The highest BCUT2D eigenvalue weighted by Gasteiger charge is 2.26. The van der Waals surface area contributed by atoms with E-state index in [2.05, 4.69) is 24.1 Å². The molecule has 0 aromatic carbocycles. The first kappa shape index (κ1) is 11.4. The van der Waals surface area contributed by atoms with Gasteiger partial charge in [-0.2, -0.15) is 0 Å². The van der Waals surface area contributed by atoms with Crippen LogP contribution in [0.3, 0.4) is 0 Å². The highest BCUT2D eigenvalue weighted by molar-refractivity contribution is 4.84. The van der Waals surface area contributed by atoms with Crippen LogP contribution in [0.15, 0.2) is 0 Å². The second-order valence-corrected chi connectivity index (χ2v) is 5.46. The van der Waals surface area contributed by atoms with Gasteiger partial charge in [-0.25, -0.2) is 0 Å². The summed E-state index contributed by atoms with van der Waals surface area (Å²) in [6.07, 6.45) is 8.37. The van der Waals surface area contributed by atoms with Crippen molar-refractivity contribution in [3.8, 4) is 0 Å². The molecule has 0 saturated carbocycles. The number of piperidine rings is 1. The molecule has 0 amide bonds. The SMILES string of the molecule is CC1CCCN1C(C)CC1CCCCN1. The summed E-state index contributed by atoms with van der Waals surface area (Å²) in [6.45, 7) is 7.37. The van der Waals surface area contributed by atoms with E-state index in [0.29, 0.717) is 0 Å². The summed E-state index contributed by atoms with van der Waals surface area (Å²) < 4.78 is 0. The van der Waals surface area contributed by atoms with Crippen molar-refractivity contribution in [2.75, 3.05) is 13.1 Å². The molecule has 2 heteroatoms. The molecule has 0 spiro atoms. The van der Waals surface area contributed by atoms with E-state index in [1.165, 1.54) is 51.6 Å². The van der Waals surface area contributed by atoms with E-state index in [0.717, 1.165) is 18.1 Å². The van der Waals surface area contributed by atoms with Gasteiger partial charge in [0.15, 0.2) is 0 Å². The van der Waals surface area contributed by atoms with Gasteiger partial charge in [-0.1, -0.05) is 6.42 Å². The van der Waals surface area contributed by atoms with Gasteiger partial charge in [0.25, 0.3) is 0 Å². The number of rotatable bonds is 3. The fourth-order valence-corrected chi connectivity index (χ4v) is 3.28. The van der Waals surface area contributed by atoms with E-state index in [1.54, 1.807) is 0 Å². The third-order valence-electron chi connectivity index (χ3n) is 4.21. The minimum absolute atomic E-state index is 0.776. The maximum atomic E-state index is 3.66. The zero-order valence-corrected chi connectivity index (χ0v) is 10.3. The van der Waals surface area contributed by atoms with Crippen molar-refractivity contribution in [3.63, 3.8) is 0 Å². The minimum Gasteiger partial charge on any atom is -0.314 e. The summed E-state index contributed by atoms with van der Waals surface area (Å²) in [5.41, 5.74) is 0. The lowest BCUT2D eigenvalue weighted by molar-refractivity contribution is 0.174. The predicted octanol–water partition coefficient (Wildman–Crippen LogP) is 2.39. The van der Waals surface area contributed by atoms with Crippen LogP contribution >= 0.6 is 0 Å². The molecule has 88 valence electrons. The summed E-state index contributed by atoms with van der Waals surface area (Å²) in [5, 5.41) is 3.66. The molecule has 2 aliphatic heterocycles. The average Bonchev–Trinajstić information content (AvgIpc) is 2.66. The Hall–Kier alpha value is -0.0800. The average molecular weight is 210 g/mol. The molecule has 0 aliphatic carbocycles. The molecule has 3 unspecified atom stereocenters. The Morgan fingerprint density at radius 2 is 2.13 bits per heavy atom. The molecule has 0 aromatic rings. The van der Waals surface area contributed by atoms with Crippen LogP contribution in [-0.2, 0) is 0 Å². The van der Waals surface area contributed by atoms with E-state index in [9.17, 15) is 0 Å². The molecule has 15 heavy (non-hydrogen) atoms. The van der Waals surface area contributed by atoms with Crippen molar-refractivity contribution in [2.24, 2.45) is 0 Å². The Kier molecular flexibility index (Phi) is 4.04. The van der Waals surface area contributed by atoms with Gasteiger partial charge >= 0.3 is 0 Å². The lowest BCUT2D eigenvalue weighted by atomic mass is 9.98. The van der Waals surface area contributed by atoms with Crippen LogP contribution in [0.1, 0.15) is 52.4 Å². The van der Waals surface area contributed by atoms with Crippen molar-refractivity contribution < 1.29 is 0 Å². The van der Waals surface area contributed by atoms with Gasteiger partial charge in [-0.05, 0) is 59.0 Å². The summed E-state index contributed by atoms with van der Waals surface area (Å²) >= 11 is 0. The molecule has 0 bridgehead atoms. The topological polar surface area (TPSA) is 15.3 Å². The summed E-state index contributed by atoms with van der Waals surface area (Å²) in [5.74, 6) is 0. The normalized spacial score (nSPS) is 35.6. The van der Waals surface area contributed by atoms with Crippen molar-refractivity contribution in [1.29, 1.82) is 0 Å². The van der Waals surface area contributed by atoms with E-state index < -0.39 is 0 Å². The van der Waals surface area contributed by atoms with Crippen LogP contribution in [0.5, 0.6) is 0 Å². The predicted molar refractivity (Wildman–Crippen MR) is 65.1 cm³/mol. The number of nitrogens with one attached hydrogen (secondary N) is 1. The highest BCUT2D eigenvalue weighted by atomic mass is 15.2. The zero-order chi connectivity index (χ0) is 10.7. The van der Waals surface area contributed by atoms with E-state index in [4.69, 9.17) is 0 Å². The van der Waals surface area contributed by atoms with E-state index in [-0.39, 0.29) is 0 Å². The van der Waals surface area contributed by atoms with Crippen LogP contribution in [0.4, 0.5) is 0 Å². The largest absolute Gasteiger partial charge is 0.314 e. The number of nitrogens with zero attached hydrogens (tertiary/aromatic N) is 1. The van der Waals surface area contributed by atoms with Crippen LogP contribution in [0, 0.1) is 0 Å². The first-order valence-electron chi connectivity index (χ1n) is 6.76. The zero-order valence-electron chi connectivity index (χ0n) is 10.3. The van der Waals surface area contributed by atoms with Gasteiger partial charge in [0, 0.05) is 18.1 Å². The Morgan fingerprint density at radius 1 is 1.27 bits per heavy atom. The second-order valence-electron chi connectivity index (χ2n) is 5.46. The standard InChI is InChI=1S/C13H26N2/c1-11-6-5-9-15(11)12(2)10-13-7-3-4-8-14-13/h11-14H,3-10H2,1-2H3. The van der Waals surface area contributed by atoms with E-state index >= 15 is 0 Å². The van der Waals surface area contributed by atoms with Crippen LogP contribution in [-0.4, -0.2) is 36.1 Å². The minimum atomic E-state index is 0.776. The van der Waals surface area contributed by atoms with Gasteiger partial charge in [-0.15, -0.1) is 0 Å². The Bertz CT molecular complexity index is 187. The number of hydrogen-bond acceptors (Lipinski definition) is 2. The molecular weight excluding hydrogens is 184 g/mol. The molecule has 2 saturated heterocycles. The molecule has 2 heterocycles. The van der Waals surface area contributed by atoms with Gasteiger partial charge < -0.3 is 5.32 Å². The fourth-order valence-electron chi connectivity index (χ4n) is 3.28. The molecule has 2 aliphatic rings. The lowest BCUT2D eigenvalue weighted by Gasteiger charge is -2.33. The molecule has 0 aromatic heterocycles. The van der Waals surface area contributed by atoms with Crippen molar-refractivity contribution in [2.45, 2.75) is 70.5 Å².